The van der Waals surface area contributed by atoms with E-state index in [0.29, 0.717) is 16.7 Å². The summed E-state index contributed by atoms with van der Waals surface area (Å²) in [5.41, 5.74) is 1.71. The first-order valence-corrected chi connectivity index (χ1v) is 10.2. The molecule has 6 heteroatoms. The van der Waals surface area contributed by atoms with Crippen LogP contribution in [0.5, 0.6) is 0 Å². The van der Waals surface area contributed by atoms with Gasteiger partial charge < -0.3 is 10.0 Å². The molecule has 0 saturated heterocycles. The summed E-state index contributed by atoms with van der Waals surface area (Å²) in [7, 11) is 2.09. The lowest BCUT2D eigenvalue weighted by Crippen LogP contribution is -2.34. The van der Waals surface area contributed by atoms with E-state index >= 15 is 0 Å². The third kappa shape index (κ3) is 3.30. The van der Waals surface area contributed by atoms with Gasteiger partial charge in [0.05, 0.1) is 5.39 Å². The van der Waals surface area contributed by atoms with Crippen molar-refractivity contribution in [2.45, 2.75) is 45.1 Å². The molecule has 0 unspecified atom stereocenters. The summed E-state index contributed by atoms with van der Waals surface area (Å²) in [5.74, 6) is 0.606. The van der Waals surface area contributed by atoms with Crippen LogP contribution in [0.4, 0.5) is 5.82 Å². The number of carbonyl (C=O) groups is 1. The normalized spacial score (nSPS) is 15.2. The predicted molar refractivity (Wildman–Crippen MR) is 110 cm³/mol. The minimum Gasteiger partial charge on any atom is -0.477 e. The van der Waals surface area contributed by atoms with Gasteiger partial charge in [-0.2, -0.15) is 0 Å². The second-order valence-electron chi connectivity index (χ2n) is 7.18. The number of carboxylic acid groups (broad SMARTS) is 1. The molecule has 140 valence electrons. The second-order valence-corrected chi connectivity index (χ2v) is 8.18. The summed E-state index contributed by atoms with van der Waals surface area (Å²) >= 11 is 1.24. The molecule has 0 spiro atoms. The first-order chi connectivity index (χ1) is 13.1. The highest BCUT2D eigenvalue weighted by atomic mass is 32.1. The lowest BCUT2D eigenvalue weighted by molar-refractivity contribution is 0.0701. The van der Waals surface area contributed by atoms with E-state index in [1.165, 1.54) is 30.6 Å². The Morgan fingerprint density at radius 3 is 2.52 bits per heavy atom. The average Bonchev–Trinajstić information content (AvgIpc) is 3.05. The summed E-state index contributed by atoms with van der Waals surface area (Å²) in [4.78, 5) is 24.6. The van der Waals surface area contributed by atoms with E-state index in [-0.39, 0.29) is 0 Å². The monoisotopic (exact) mass is 381 g/mol. The predicted octanol–water partition coefficient (Wildman–Crippen LogP) is 5.13. The maximum Gasteiger partial charge on any atom is 0.346 e. The summed E-state index contributed by atoms with van der Waals surface area (Å²) in [6, 6.07) is 10.3. The summed E-state index contributed by atoms with van der Waals surface area (Å²) in [5, 5.41) is 10.5. The Hall–Kier alpha value is -2.47. The number of aryl methyl sites for hydroxylation is 1. The molecule has 0 radical (unpaired) electrons. The molecule has 0 amide bonds. The Morgan fingerprint density at radius 2 is 1.85 bits per heavy atom. The zero-order chi connectivity index (χ0) is 19.0. The Bertz CT molecular complexity index is 978. The van der Waals surface area contributed by atoms with E-state index < -0.39 is 5.97 Å². The van der Waals surface area contributed by atoms with Crippen LogP contribution in [0.1, 0.15) is 47.3 Å². The van der Waals surface area contributed by atoms with Crippen LogP contribution < -0.4 is 4.90 Å². The van der Waals surface area contributed by atoms with Gasteiger partial charge in [-0.3, -0.25) is 0 Å². The highest BCUT2D eigenvalue weighted by Crippen LogP contribution is 2.38. The van der Waals surface area contributed by atoms with Crippen molar-refractivity contribution < 1.29 is 9.90 Å². The Kier molecular flexibility index (Phi) is 4.83. The zero-order valence-electron chi connectivity index (χ0n) is 15.6. The van der Waals surface area contributed by atoms with E-state index in [4.69, 9.17) is 9.97 Å². The standard InChI is InChI=1S/C21H23N3O2S/c1-13-16-19(24(2)15-11-7-4-8-12-15)22-18(14-9-5-3-6-10-14)23-20(16)27-17(13)21(25)26/h3,5-6,9-10,15H,4,7-8,11-12H2,1-2H3,(H,25,26). The molecular weight excluding hydrogens is 358 g/mol. The molecule has 1 N–H and O–H groups in total. The number of hydrogen-bond acceptors (Lipinski definition) is 5. The lowest BCUT2D eigenvalue weighted by atomic mass is 9.94. The lowest BCUT2D eigenvalue weighted by Gasteiger charge is -2.32. The number of benzene rings is 1. The number of rotatable bonds is 4. The molecule has 0 aliphatic heterocycles. The number of hydrogen-bond donors (Lipinski definition) is 1. The van der Waals surface area contributed by atoms with Crippen molar-refractivity contribution in [3.8, 4) is 11.4 Å². The largest absolute Gasteiger partial charge is 0.477 e. The molecule has 0 atom stereocenters. The molecule has 2 heterocycles. The van der Waals surface area contributed by atoms with Gasteiger partial charge in [0.2, 0.25) is 0 Å². The Labute approximate surface area is 162 Å². The second kappa shape index (κ2) is 7.27. The van der Waals surface area contributed by atoms with Crippen LogP contribution in [-0.4, -0.2) is 34.1 Å². The fourth-order valence-corrected chi connectivity index (χ4v) is 4.95. The minimum atomic E-state index is -0.900. The van der Waals surface area contributed by atoms with Crippen LogP contribution in [0.3, 0.4) is 0 Å². The zero-order valence-corrected chi connectivity index (χ0v) is 16.4. The molecule has 2 aromatic heterocycles. The van der Waals surface area contributed by atoms with Gasteiger partial charge in [-0.1, -0.05) is 49.6 Å². The highest BCUT2D eigenvalue weighted by Gasteiger charge is 2.26. The van der Waals surface area contributed by atoms with Gasteiger partial charge in [0.15, 0.2) is 5.82 Å². The molecule has 1 aromatic carbocycles. The van der Waals surface area contributed by atoms with Gasteiger partial charge in [-0.15, -0.1) is 11.3 Å². The van der Waals surface area contributed by atoms with E-state index in [9.17, 15) is 9.90 Å². The number of anilines is 1. The minimum absolute atomic E-state index is 0.350. The third-order valence-corrected chi connectivity index (χ3v) is 6.63. The fraction of sp³-hybridized carbons (Fsp3) is 0.381. The van der Waals surface area contributed by atoms with Crippen LogP contribution in [0.2, 0.25) is 0 Å². The van der Waals surface area contributed by atoms with E-state index in [1.807, 2.05) is 37.3 Å². The smallest absolute Gasteiger partial charge is 0.346 e. The molecular formula is C21H23N3O2S. The Morgan fingerprint density at radius 1 is 1.15 bits per heavy atom. The van der Waals surface area contributed by atoms with Crippen molar-refractivity contribution in [3.63, 3.8) is 0 Å². The summed E-state index contributed by atoms with van der Waals surface area (Å²) < 4.78 is 0. The van der Waals surface area contributed by atoms with Crippen LogP contribution in [-0.2, 0) is 0 Å². The maximum atomic E-state index is 11.7. The molecule has 1 fully saturated rings. The molecule has 3 aromatic rings. The number of thiophene rings is 1. The van der Waals surface area contributed by atoms with Crippen molar-refractivity contribution in [1.29, 1.82) is 0 Å². The van der Waals surface area contributed by atoms with E-state index in [2.05, 4.69) is 11.9 Å². The van der Waals surface area contributed by atoms with E-state index in [0.717, 1.165) is 40.0 Å². The molecule has 5 nitrogen and oxygen atoms in total. The molecule has 1 aliphatic carbocycles. The van der Waals surface area contributed by atoms with Crippen molar-refractivity contribution in [2.24, 2.45) is 0 Å². The van der Waals surface area contributed by atoms with Gasteiger partial charge in [0, 0.05) is 18.7 Å². The van der Waals surface area contributed by atoms with Crippen LogP contribution in [0.15, 0.2) is 30.3 Å². The van der Waals surface area contributed by atoms with E-state index in [1.54, 1.807) is 0 Å². The van der Waals surface area contributed by atoms with Gasteiger partial charge >= 0.3 is 5.97 Å². The molecule has 1 aliphatic rings. The van der Waals surface area contributed by atoms with Crippen LogP contribution >= 0.6 is 11.3 Å². The third-order valence-electron chi connectivity index (χ3n) is 5.45. The van der Waals surface area contributed by atoms with Crippen LogP contribution in [0.25, 0.3) is 21.6 Å². The molecule has 4 rings (SSSR count). The maximum absolute atomic E-state index is 11.7. The van der Waals surface area contributed by atoms with Crippen molar-refractivity contribution in [2.75, 3.05) is 11.9 Å². The molecule has 1 saturated carbocycles. The summed E-state index contributed by atoms with van der Waals surface area (Å²) in [6.07, 6.45) is 6.06. The number of carboxylic acids is 1. The van der Waals surface area contributed by atoms with Gasteiger partial charge in [-0.25, -0.2) is 14.8 Å². The highest BCUT2D eigenvalue weighted by molar-refractivity contribution is 7.20. The van der Waals surface area contributed by atoms with Crippen LogP contribution in [0, 0.1) is 6.92 Å². The molecule has 0 bridgehead atoms. The number of aromatic carboxylic acids is 1. The first kappa shape index (κ1) is 17.9. The quantitative estimate of drug-likeness (QED) is 0.678. The fourth-order valence-electron chi connectivity index (χ4n) is 3.93. The molecule has 27 heavy (non-hydrogen) atoms. The number of aromatic nitrogens is 2. The number of fused-ring (bicyclic) bond motifs is 1. The topological polar surface area (TPSA) is 66.3 Å². The summed E-state index contributed by atoms with van der Waals surface area (Å²) in [6.45, 7) is 1.87. The van der Waals surface area contributed by atoms with Crippen molar-refractivity contribution in [1.82, 2.24) is 9.97 Å². The number of nitrogens with zero attached hydrogens (tertiary/aromatic N) is 3. The average molecular weight is 382 g/mol. The van der Waals surface area contributed by atoms with Crippen molar-refractivity contribution in [3.05, 3.63) is 40.8 Å². The Balaban J connectivity index is 1.91. The van der Waals surface area contributed by atoms with Gasteiger partial charge in [-0.05, 0) is 25.3 Å². The van der Waals surface area contributed by atoms with Gasteiger partial charge in [0.25, 0.3) is 0 Å². The van der Waals surface area contributed by atoms with Crippen molar-refractivity contribution >= 4 is 33.3 Å². The SMILES string of the molecule is Cc1c(C(=O)O)sc2nc(-c3ccccc3)nc(N(C)C3CCCCC3)c12. The first-order valence-electron chi connectivity index (χ1n) is 9.39. The van der Waals surface area contributed by atoms with Gasteiger partial charge in [0.1, 0.15) is 15.5 Å².